The van der Waals surface area contributed by atoms with Gasteiger partial charge in [0.05, 0.1) is 6.61 Å². The zero-order chi connectivity index (χ0) is 18.0. The van der Waals surface area contributed by atoms with E-state index in [0.717, 1.165) is 35.0 Å². The molecule has 1 aromatic carbocycles. The van der Waals surface area contributed by atoms with Crippen LogP contribution in [0.25, 0.3) is 10.9 Å². The predicted octanol–water partition coefficient (Wildman–Crippen LogP) is 2.97. The fourth-order valence-corrected chi connectivity index (χ4v) is 3.49. The Hall–Kier alpha value is -2.50. The minimum Gasteiger partial charge on any atom is -0.480 e. The van der Waals surface area contributed by atoms with Crippen molar-refractivity contribution >= 4 is 23.0 Å². The molecule has 0 unspecified atom stereocenters. The molecule has 1 aliphatic rings. The second-order valence-electron chi connectivity index (χ2n) is 7.00. The van der Waals surface area contributed by atoms with Gasteiger partial charge in [-0.2, -0.15) is 0 Å². The van der Waals surface area contributed by atoms with Gasteiger partial charge in [-0.05, 0) is 36.8 Å². The van der Waals surface area contributed by atoms with Crippen molar-refractivity contribution in [2.24, 2.45) is 5.92 Å². The number of alkyl carbamates (subject to hydrolysis) is 1. The molecule has 0 fully saturated rings. The summed E-state index contributed by atoms with van der Waals surface area (Å²) < 4.78 is 7.10. The Kier molecular flexibility index (Phi) is 4.97. The van der Waals surface area contributed by atoms with Crippen LogP contribution >= 0.6 is 0 Å². The third kappa shape index (κ3) is 3.78. The van der Waals surface area contributed by atoms with Crippen LogP contribution in [0.3, 0.4) is 0 Å². The third-order valence-electron chi connectivity index (χ3n) is 4.54. The Bertz CT molecular complexity index is 794. The maximum absolute atomic E-state index is 11.9. The smallest absolute Gasteiger partial charge is 0.407 e. The summed E-state index contributed by atoms with van der Waals surface area (Å²) in [6.45, 7) is 4.36. The molecule has 134 valence electrons. The molecule has 0 saturated carbocycles. The molecular weight excluding hydrogens is 320 g/mol. The highest BCUT2D eigenvalue weighted by molar-refractivity contribution is 5.87. The molecular formula is C19H24N2O4. The van der Waals surface area contributed by atoms with Crippen LogP contribution in [0.1, 0.15) is 31.5 Å². The van der Waals surface area contributed by atoms with E-state index in [1.54, 1.807) is 0 Å². The highest BCUT2D eigenvalue weighted by atomic mass is 16.5. The van der Waals surface area contributed by atoms with Gasteiger partial charge < -0.3 is 19.7 Å². The van der Waals surface area contributed by atoms with Crippen LogP contribution in [-0.2, 0) is 28.9 Å². The Labute approximate surface area is 146 Å². The molecule has 2 N–H and O–H groups in total. The summed E-state index contributed by atoms with van der Waals surface area (Å²) in [5.41, 5.74) is 3.15. The van der Waals surface area contributed by atoms with Crippen molar-refractivity contribution in [1.82, 2.24) is 9.88 Å². The van der Waals surface area contributed by atoms with Gasteiger partial charge in [-0.3, -0.25) is 4.79 Å². The Morgan fingerprint density at radius 1 is 1.36 bits per heavy atom. The second-order valence-corrected chi connectivity index (χ2v) is 7.00. The fraction of sp³-hybridized carbons (Fsp3) is 0.474. The van der Waals surface area contributed by atoms with Gasteiger partial charge in [-0.25, -0.2) is 4.79 Å². The number of benzene rings is 1. The molecule has 2 aromatic rings. The number of fused-ring (bicyclic) bond motifs is 3. The minimum atomic E-state index is -0.846. The molecule has 25 heavy (non-hydrogen) atoms. The van der Waals surface area contributed by atoms with Crippen LogP contribution in [0, 0.1) is 5.92 Å². The lowest BCUT2D eigenvalue weighted by molar-refractivity contribution is -0.137. The van der Waals surface area contributed by atoms with Crippen molar-refractivity contribution in [1.29, 1.82) is 0 Å². The monoisotopic (exact) mass is 344 g/mol. The third-order valence-corrected chi connectivity index (χ3v) is 4.54. The van der Waals surface area contributed by atoms with Gasteiger partial charge in [0.2, 0.25) is 0 Å². The quantitative estimate of drug-likeness (QED) is 0.874. The number of aliphatic carboxylic acids is 1. The first-order chi connectivity index (χ1) is 12.0. The first kappa shape index (κ1) is 17.3. The van der Waals surface area contributed by atoms with E-state index in [0.29, 0.717) is 18.9 Å². The first-order valence-electron chi connectivity index (χ1n) is 8.69. The Balaban J connectivity index is 1.81. The summed E-state index contributed by atoms with van der Waals surface area (Å²) in [6, 6.07) is 7.87. The van der Waals surface area contributed by atoms with Gasteiger partial charge in [0, 0.05) is 22.6 Å². The van der Waals surface area contributed by atoms with Crippen molar-refractivity contribution in [2.75, 3.05) is 6.61 Å². The van der Waals surface area contributed by atoms with E-state index in [-0.39, 0.29) is 18.7 Å². The number of para-hydroxylation sites is 1. The van der Waals surface area contributed by atoms with E-state index < -0.39 is 5.97 Å². The Morgan fingerprint density at radius 2 is 2.12 bits per heavy atom. The van der Waals surface area contributed by atoms with E-state index in [2.05, 4.69) is 5.32 Å². The maximum atomic E-state index is 11.9. The predicted molar refractivity (Wildman–Crippen MR) is 94.7 cm³/mol. The molecule has 1 atom stereocenters. The number of hydrogen-bond donors (Lipinski definition) is 2. The van der Waals surface area contributed by atoms with Gasteiger partial charge >= 0.3 is 12.1 Å². The molecule has 0 spiro atoms. The van der Waals surface area contributed by atoms with Gasteiger partial charge in [0.1, 0.15) is 6.54 Å². The summed E-state index contributed by atoms with van der Waals surface area (Å²) in [7, 11) is 0. The van der Waals surface area contributed by atoms with Gasteiger partial charge in [-0.1, -0.05) is 32.0 Å². The first-order valence-corrected chi connectivity index (χ1v) is 8.69. The Morgan fingerprint density at radius 3 is 2.84 bits per heavy atom. The number of hydrogen-bond acceptors (Lipinski definition) is 3. The number of ether oxygens (including phenoxy) is 1. The molecule has 6 heteroatoms. The summed E-state index contributed by atoms with van der Waals surface area (Å²) in [5, 5.41) is 13.2. The number of rotatable bonds is 5. The lowest BCUT2D eigenvalue weighted by Gasteiger charge is -2.24. The van der Waals surface area contributed by atoms with E-state index in [9.17, 15) is 14.7 Å². The fourth-order valence-electron chi connectivity index (χ4n) is 3.49. The molecule has 0 aliphatic heterocycles. The molecule has 3 rings (SSSR count). The van der Waals surface area contributed by atoms with E-state index in [1.165, 1.54) is 0 Å². The summed E-state index contributed by atoms with van der Waals surface area (Å²) in [6.07, 6.45) is 1.84. The highest BCUT2D eigenvalue weighted by Crippen LogP contribution is 2.32. The average molecular weight is 344 g/mol. The molecule has 0 bridgehead atoms. The number of amides is 1. The number of nitrogens with zero attached hydrogens (tertiary/aromatic N) is 1. The van der Waals surface area contributed by atoms with Crippen LogP contribution in [0.15, 0.2) is 24.3 Å². The molecule has 6 nitrogen and oxygen atoms in total. The van der Waals surface area contributed by atoms with Crippen molar-refractivity contribution in [3.8, 4) is 0 Å². The summed E-state index contributed by atoms with van der Waals surface area (Å²) >= 11 is 0. The molecule has 1 heterocycles. The summed E-state index contributed by atoms with van der Waals surface area (Å²) in [4.78, 5) is 23.2. The van der Waals surface area contributed by atoms with Gasteiger partial charge in [0.25, 0.3) is 0 Å². The van der Waals surface area contributed by atoms with Crippen molar-refractivity contribution in [3.63, 3.8) is 0 Å². The molecule has 1 amide bonds. The van der Waals surface area contributed by atoms with E-state index in [4.69, 9.17) is 4.74 Å². The largest absolute Gasteiger partial charge is 0.480 e. The van der Waals surface area contributed by atoms with Gasteiger partial charge in [0.15, 0.2) is 0 Å². The number of carbonyl (C=O) groups excluding carboxylic acids is 1. The minimum absolute atomic E-state index is 0.0104. The molecule has 0 radical (unpaired) electrons. The number of carboxylic acids is 1. The van der Waals surface area contributed by atoms with Crippen LogP contribution in [0.4, 0.5) is 4.79 Å². The van der Waals surface area contributed by atoms with Crippen LogP contribution in [0.5, 0.6) is 0 Å². The zero-order valence-electron chi connectivity index (χ0n) is 14.6. The van der Waals surface area contributed by atoms with Crippen molar-refractivity contribution < 1.29 is 19.4 Å². The number of nitrogens with one attached hydrogen (secondary N) is 1. The van der Waals surface area contributed by atoms with Crippen molar-refractivity contribution in [2.45, 2.75) is 45.7 Å². The van der Waals surface area contributed by atoms with Crippen molar-refractivity contribution in [3.05, 3.63) is 35.5 Å². The maximum Gasteiger partial charge on any atom is 0.407 e. The number of carboxylic acid groups (broad SMARTS) is 1. The van der Waals surface area contributed by atoms with Gasteiger partial charge in [-0.15, -0.1) is 0 Å². The molecule has 1 aliphatic carbocycles. The number of aromatic nitrogens is 1. The molecule has 1 aromatic heterocycles. The zero-order valence-corrected chi connectivity index (χ0v) is 14.6. The second kappa shape index (κ2) is 7.17. The van der Waals surface area contributed by atoms with E-state index >= 15 is 0 Å². The lowest BCUT2D eigenvalue weighted by atomic mass is 9.91. The van der Waals surface area contributed by atoms with Crippen LogP contribution in [0.2, 0.25) is 0 Å². The normalized spacial score (nSPS) is 16.7. The van der Waals surface area contributed by atoms with Crippen LogP contribution < -0.4 is 5.32 Å². The molecule has 0 saturated heterocycles. The van der Waals surface area contributed by atoms with Crippen LogP contribution in [-0.4, -0.2) is 34.4 Å². The summed E-state index contributed by atoms with van der Waals surface area (Å²) in [5.74, 6) is -0.543. The standard InChI is InChI=1S/C19H24N2O4/c1-12(2)11-25-19(24)20-13-7-8-17-15(9-13)14-5-3-4-6-16(14)21(17)10-18(22)23/h3-6,12-13H,7-11H2,1-2H3,(H,20,24)(H,22,23)/t13-/m0/s1. The number of carbonyl (C=O) groups is 2. The highest BCUT2D eigenvalue weighted by Gasteiger charge is 2.27. The lowest BCUT2D eigenvalue weighted by Crippen LogP contribution is -2.39. The SMILES string of the molecule is CC(C)COC(=O)N[C@H]1CCc2c(c3ccccc3n2CC(=O)O)C1. The topological polar surface area (TPSA) is 80.6 Å². The average Bonchev–Trinajstić information content (AvgIpc) is 2.86. The van der Waals surface area contributed by atoms with E-state index in [1.807, 2.05) is 42.7 Å².